The largest absolute Gasteiger partial charge is 0.378 e. The Morgan fingerprint density at radius 3 is 3.10 bits per heavy atom. The summed E-state index contributed by atoms with van der Waals surface area (Å²) in [6, 6.07) is 0. The van der Waals surface area contributed by atoms with E-state index in [2.05, 4.69) is 0 Å². The van der Waals surface area contributed by atoms with Crippen LogP contribution in [0.3, 0.4) is 0 Å². The number of rotatable bonds is 3. The summed E-state index contributed by atoms with van der Waals surface area (Å²) in [5, 5.41) is 0. The number of carbonyl (C=O) groups excluding carboxylic acids is 1. The molecule has 1 aliphatic rings. The van der Waals surface area contributed by atoms with Crippen molar-refractivity contribution < 1.29 is 9.53 Å². The molecule has 1 rings (SSSR count). The van der Waals surface area contributed by atoms with Crippen LogP contribution in [0.1, 0.15) is 26.2 Å². The van der Waals surface area contributed by atoms with E-state index in [4.69, 9.17) is 4.74 Å². The molecule has 0 saturated carbocycles. The predicted octanol–water partition coefficient (Wildman–Crippen LogP) is 1.39. The third-order valence-corrected chi connectivity index (χ3v) is 1.89. The third kappa shape index (κ3) is 2.10. The van der Waals surface area contributed by atoms with E-state index in [1.165, 1.54) is 0 Å². The van der Waals surface area contributed by atoms with E-state index in [9.17, 15) is 4.79 Å². The van der Waals surface area contributed by atoms with Gasteiger partial charge in [-0.1, -0.05) is 6.92 Å². The Morgan fingerprint density at radius 2 is 2.60 bits per heavy atom. The van der Waals surface area contributed by atoms with E-state index in [1.54, 1.807) is 0 Å². The summed E-state index contributed by atoms with van der Waals surface area (Å²) in [5.74, 6) is 0.170. The molecule has 2 nitrogen and oxygen atoms in total. The summed E-state index contributed by atoms with van der Waals surface area (Å²) in [4.78, 5) is 10.2. The minimum Gasteiger partial charge on any atom is -0.378 e. The maximum absolute atomic E-state index is 10.2. The molecule has 2 atom stereocenters. The van der Waals surface area contributed by atoms with Crippen molar-refractivity contribution in [2.45, 2.75) is 32.3 Å². The highest BCUT2D eigenvalue weighted by molar-refractivity contribution is 5.52. The molecule has 0 N–H and O–H groups in total. The van der Waals surface area contributed by atoms with Crippen LogP contribution in [0.5, 0.6) is 0 Å². The molecule has 0 radical (unpaired) electrons. The molecule has 2 heteroatoms. The van der Waals surface area contributed by atoms with E-state index in [0.29, 0.717) is 6.10 Å². The molecule has 0 aromatic rings. The van der Waals surface area contributed by atoms with Crippen molar-refractivity contribution in [2.24, 2.45) is 5.92 Å². The molecule has 0 aromatic carbocycles. The second kappa shape index (κ2) is 3.71. The molecule has 1 saturated heterocycles. The quantitative estimate of drug-likeness (QED) is 0.556. The molecule has 1 fully saturated rings. The molecular formula is C8H14O2. The summed E-state index contributed by atoms with van der Waals surface area (Å²) in [5.41, 5.74) is 0. The first-order valence-corrected chi connectivity index (χ1v) is 3.90. The number of ether oxygens (including phenoxy) is 1. The summed E-state index contributed by atoms with van der Waals surface area (Å²) in [7, 11) is 0. The molecule has 0 bridgehead atoms. The zero-order chi connectivity index (χ0) is 7.40. The molecule has 0 spiro atoms. The molecule has 1 heterocycles. The lowest BCUT2D eigenvalue weighted by Crippen LogP contribution is -2.10. The van der Waals surface area contributed by atoms with Gasteiger partial charge >= 0.3 is 0 Å². The highest BCUT2D eigenvalue weighted by atomic mass is 16.5. The van der Waals surface area contributed by atoms with Gasteiger partial charge in [0.15, 0.2) is 0 Å². The van der Waals surface area contributed by atoms with Crippen molar-refractivity contribution >= 4 is 6.29 Å². The smallest absolute Gasteiger partial charge is 0.122 e. The average Bonchev–Trinajstić information content (AvgIpc) is 2.40. The molecule has 0 aliphatic carbocycles. The van der Waals surface area contributed by atoms with Gasteiger partial charge in [-0.3, -0.25) is 0 Å². The van der Waals surface area contributed by atoms with Crippen LogP contribution in [-0.2, 0) is 9.53 Å². The van der Waals surface area contributed by atoms with E-state index < -0.39 is 0 Å². The Morgan fingerprint density at radius 1 is 1.80 bits per heavy atom. The molecule has 0 aromatic heterocycles. The molecule has 0 amide bonds. The zero-order valence-corrected chi connectivity index (χ0v) is 6.38. The zero-order valence-electron chi connectivity index (χ0n) is 6.38. The maximum atomic E-state index is 10.2. The predicted molar refractivity (Wildman–Crippen MR) is 38.8 cm³/mol. The molecule has 10 heavy (non-hydrogen) atoms. The van der Waals surface area contributed by atoms with Crippen molar-refractivity contribution in [2.75, 3.05) is 6.61 Å². The van der Waals surface area contributed by atoms with Crippen LogP contribution in [0.15, 0.2) is 0 Å². The fourth-order valence-corrected chi connectivity index (χ4v) is 1.30. The van der Waals surface area contributed by atoms with Gasteiger partial charge in [-0.15, -0.1) is 0 Å². The van der Waals surface area contributed by atoms with E-state index in [-0.39, 0.29) is 5.92 Å². The van der Waals surface area contributed by atoms with Gasteiger partial charge in [0.05, 0.1) is 6.10 Å². The Labute approximate surface area is 61.6 Å². The Bertz CT molecular complexity index is 106. The fraction of sp³-hybridized carbons (Fsp3) is 0.875. The molecule has 1 aliphatic heterocycles. The van der Waals surface area contributed by atoms with Crippen LogP contribution >= 0.6 is 0 Å². The van der Waals surface area contributed by atoms with E-state index in [0.717, 1.165) is 32.2 Å². The normalized spacial score (nSPS) is 28.3. The van der Waals surface area contributed by atoms with Crippen LogP contribution in [-0.4, -0.2) is 19.0 Å². The van der Waals surface area contributed by atoms with Crippen molar-refractivity contribution in [3.05, 3.63) is 0 Å². The molecule has 2 unspecified atom stereocenters. The standard InChI is InChI=1S/C8H14O2/c1-7(6-9)5-8-3-2-4-10-8/h6-8H,2-5H2,1H3. The van der Waals surface area contributed by atoms with E-state index >= 15 is 0 Å². The fourth-order valence-electron chi connectivity index (χ4n) is 1.30. The van der Waals surface area contributed by atoms with Crippen molar-refractivity contribution in [3.63, 3.8) is 0 Å². The highest BCUT2D eigenvalue weighted by Crippen LogP contribution is 2.18. The number of carbonyl (C=O) groups is 1. The second-order valence-corrected chi connectivity index (χ2v) is 2.98. The Kier molecular flexibility index (Phi) is 2.87. The van der Waals surface area contributed by atoms with Gasteiger partial charge in [-0.2, -0.15) is 0 Å². The Balaban J connectivity index is 2.17. The van der Waals surface area contributed by atoms with Crippen LogP contribution < -0.4 is 0 Å². The number of aldehydes is 1. The summed E-state index contributed by atoms with van der Waals surface area (Å²) >= 11 is 0. The van der Waals surface area contributed by atoms with E-state index in [1.807, 2.05) is 6.92 Å². The monoisotopic (exact) mass is 142 g/mol. The van der Waals surface area contributed by atoms with Crippen LogP contribution in [0, 0.1) is 5.92 Å². The molecule has 58 valence electrons. The minimum absolute atomic E-state index is 0.170. The third-order valence-electron chi connectivity index (χ3n) is 1.89. The van der Waals surface area contributed by atoms with Gasteiger partial charge in [0, 0.05) is 12.5 Å². The van der Waals surface area contributed by atoms with Gasteiger partial charge in [-0.05, 0) is 19.3 Å². The van der Waals surface area contributed by atoms with Gasteiger partial charge < -0.3 is 9.53 Å². The lowest BCUT2D eigenvalue weighted by molar-refractivity contribution is -0.111. The lowest BCUT2D eigenvalue weighted by atomic mass is 10.0. The van der Waals surface area contributed by atoms with Crippen molar-refractivity contribution in [1.82, 2.24) is 0 Å². The average molecular weight is 142 g/mol. The van der Waals surface area contributed by atoms with Crippen molar-refractivity contribution in [3.8, 4) is 0 Å². The SMILES string of the molecule is CC(C=O)CC1CCCO1. The summed E-state index contributed by atoms with van der Waals surface area (Å²) < 4.78 is 5.37. The van der Waals surface area contributed by atoms with Gasteiger partial charge in [0.1, 0.15) is 6.29 Å². The highest BCUT2D eigenvalue weighted by Gasteiger charge is 2.17. The first kappa shape index (κ1) is 7.73. The van der Waals surface area contributed by atoms with Gasteiger partial charge in [0.25, 0.3) is 0 Å². The topological polar surface area (TPSA) is 26.3 Å². The molecular weight excluding hydrogens is 128 g/mol. The van der Waals surface area contributed by atoms with Crippen LogP contribution in [0.25, 0.3) is 0 Å². The summed E-state index contributed by atoms with van der Waals surface area (Å²) in [6.07, 6.45) is 4.57. The van der Waals surface area contributed by atoms with Gasteiger partial charge in [-0.25, -0.2) is 0 Å². The first-order chi connectivity index (χ1) is 4.83. The maximum Gasteiger partial charge on any atom is 0.122 e. The van der Waals surface area contributed by atoms with Gasteiger partial charge in [0.2, 0.25) is 0 Å². The number of hydrogen-bond acceptors (Lipinski definition) is 2. The lowest BCUT2D eigenvalue weighted by Gasteiger charge is -2.09. The minimum atomic E-state index is 0.170. The van der Waals surface area contributed by atoms with Crippen LogP contribution in [0.4, 0.5) is 0 Å². The summed E-state index contributed by atoms with van der Waals surface area (Å²) in [6.45, 7) is 2.82. The second-order valence-electron chi connectivity index (χ2n) is 2.98. The van der Waals surface area contributed by atoms with Crippen molar-refractivity contribution in [1.29, 1.82) is 0 Å². The number of hydrogen-bond donors (Lipinski definition) is 0. The Hall–Kier alpha value is -0.370. The van der Waals surface area contributed by atoms with Crippen LogP contribution in [0.2, 0.25) is 0 Å². The first-order valence-electron chi connectivity index (χ1n) is 3.90.